The molecule has 198 valence electrons. The number of aromatic nitrogens is 1. The summed E-state index contributed by atoms with van der Waals surface area (Å²) in [6.45, 7) is 5.29. The molecular formula is C26H30BrFN4O3S2. The lowest BCUT2D eigenvalue weighted by atomic mass is 10.2. The molecule has 1 aromatic heterocycles. The molecule has 11 heteroatoms. The van der Waals surface area contributed by atoms with E-state index in [9.17, 15) is 17.6 Å². The third kappa shape index (κ3) is 7.67. The predicted molar refractivity (Wildman–Crippen MR) is 148 cm³/mol. The van der Waals surface area contributed by atoms with Gasteiger partial charge in [-0.25, -0.2) is 17.8 Å². The van der Waals surface area contributed by atoms with Crippen molar-refractivity contribution in [1.29, 1.82) is 0 Å². The van der Waals surface area contributed by atoms with E-state index in [4.69, 9.17) is 0 Å². The van der Waals surface area contributed by atoms with Crippen LogP contribution in [0.5, 0.6) is 0 Å². The number of nitrogens with zero attached hydrogens (tertiary/aromatic N) is 4. The van der Waals surface area contributed by atoms with E-state index in [-0.39, 0.29) is 29.6 Å². The summed E-state index contributed by atoms with van der Waals surface area (Å²) < 4.78 is 38.7. The van der Waals surface area contributed by atoms with Crippen molar-refractivity contribution in [2.75, 3.05) is 52.6 Å². The van der Waals surface area contributed by atoms with E-state index in [1.165, 1.54) is 23.7 Å². The Hall–Kier alpha value is -2.18. The third-order valence-electron chi connectivity index (χ3n) is 6.44. The number of hydrogen-bond acceptors (Lipinski definition) is 7. The lowest BCUT2D eigenvalue weighted by Crippen LogP contribution is -2.47. The molecular weight excluding hydrogens is 579 g/mol. The standard InChI is InChI=1S/C26H30BrFN4O3S2/c1-30-9-11-31(12-10-30)13-14-32(17-20-3-6-21(27)15-23(20)28)26(33)16-25-29-24(18-36-25)19-4-7-22(8-5-19)37(2,34)35/h3-8,15,18H,9-14,16-17H2,1-2H3. The number of halogens is 2. The quantitative estimate of drug-likeness (QED) is 0.366. The molecule has 2 aromatic carbocycles. The van der Waals surface area contributed by atoms with E-state index in [1.54, 1.807) is 41.3 Å². The lowest BCUT2D eigenvalue weighted by molar-refractivity contribution is -0.131. The Morgan fingerprint density at radius 3 is 2.49 bits per heavy atom. The molecule has 1 saturated heterocycles. The van der Waals surface area contributed by atoms with Gasteiger partial charge in [0, 0.05) is 73.0 Å². The van der Waals surface area contributed by atoms with Crippen LogP contribution >= 0.6 is 27.3 Å². The highest BCUT2D eigenvalue weighted by molar-refractivity contribution is 9.10. The zero-order valence-corrected chi connectivity index (χ0v) is 24.1. The first-order valence-electron chi connectivity index (χ1n) is 12.0. The van der Waals surface area contributed by atoms with Gasteiger partial charge in [0.2, 0.25) is 5.91 Å². The van der Waals surface area contributed by atoms with Gasteiger partial charge in [0.05, 0.1) is 17.0 Å². The summed E-state index contributed by atoms with van der Waals surface area (Å²) in [5.41, 5.74) is 1.95. The van der Waals surface area contributed by atoms with Gasteiger partial charge in [-0.15, -0.1) is 11.3 Å². The van der Waals surface area contributed by atoms with Crippen LogP contribution in [0.3, 0.4) is 0 Å². The van der Waals surface area contributed by atoms with Gasteiger partial charge in [0.15, 0.2) is 9.84 Å². The number of carbonyl (C=O) groups is 1. The monoisotopic (exact) mass is 608 g/mol. The molecule has 0 N–H and O–H groups in total. The number of thiazole rings is 1. The molecule has 3 aromatic rings. The SMILES string of the molecule is CN1CCN(CCN(Cc2ccc(Br)cc2F)C(=O)Cc2nc(-c3ccc(S(C)(=O)=O)cc3)cs2)CC1. The number of amides is 1. The normalized spacial score (nSPS) is 15.1. The highest BCUT2D eigenvalue weighted by Gasteiger charge is 2.21. The van der Waals surface area contributed by atoms with Gasteiger partial charge in [0.1, 0.15) is 10.8 Å². The number of hydrogen-bond donors (Lipinski definition) is 0. The third-order valence-corrected chi connectivity index (χ3v) is 8.91. The topological polar surface area (TPSA) is 73.8 Å². The minimum atomic E-state index is -3.27. The zero-order chi connectivity index (χ0) is 26.6. The van der Waals surface area contributed by atoms with Crippen molar-refractivity contribution in [2.45, 2.75) is 17.9 Å². The molecule has 0 saturated carbocycles. The molecule has 1 amide bonds. The van der Waals surface area contributed by atoms with E-state index >= 15 is 0 Å². The number of sulfone groups is 1. The van der Waals surface area contributed by atoms with Gasteiger partial charge in [-0.05, 0) is 31.3 Å². The van der Waals surface area contributed by atoms with Crippen molar-refractivity contribution in [1.82, 2.24) is 19.7 Å². The van der Waals surface area contributed by atoms with Crippen LogP contribution in [0.15, 0.2) is 57.2 Å². The summed E-state index contributed by atoms with van der Waals surface area (Å²) in [6, 6.07) is 11.5. The van der Waals surface area contributed by atoms with Crippen LogP contribution in [0.1, 0.15) is 10.6 Å². The summed E-state index contributed by atoms with van der Waals surface area (Å²) >= 11 is 4.68. The first kappa shape index (κ1) is 27.8. The average molecular weight is 610 g/mol. The Kier molecular flexibility index (Phi) is 9.12. The molecule has 37 heavy (non-hydrogen) atoms. The fourth-order valence-corrected chi connectivity index (χ4v) is 5.88. The second-order valence-corrected chi connectivity index (χ2v) is 13.2. The first-order chi connectivity index (χ1) is 17.6. The van der Waals surface area contributed by atoms with Gasteiger partial charge >= 0.3 is 0 Å². The molecule has 1 aliphatic heterocycles. The molecule has 1 fully saturated rings. The lowest BCUT2D eigenvalue weighted by Gasteiger charge is -2.34. The van der Waals surface area contributed by atoms with E-state index < -0.39 is 9.84 Å². The van der Waals surface area contributed by atoms with Gasteiger partial charge < -0.3 is 9.80 Å². The van der Waals surface area contributed by atoms with Crippen LogP contribution in [-0.4, -0.2) is 86.6 Å². The van der Waals surface area contributed by atoms with Gasteiger partial charge in [0.25, 0.3) is 0 Å². The summed E-state index contributed by atoms with van der Waals surface area (Å²) in [7, 11) is -1.17. The molecule has 0 aliphatic carbocycles. The Labute approximate surface area is 230 Å². The van der Waals surface area contributed by atoms with Crippen molar-refractivity contribution < 1.29 is 17.6 Å². The molecule has 4 rings (SSSR count). The minimum Gasteiger partial charge on any atom is -0.337 e. The summed E-state index contributed by atoms with van der Waals surface area (Å²) in [5.74, 6) is -0.453. The Balaban J connectivity index is 1.46. The zero-order valence-electron chi connectivity index (χ0n) is 20.9. The van der Waals surface area contributed by atoms with E-state index in [0.29, 0.717) is 27.3 Å². The molecule has 0 unspecified atom stereocenters. The van der Waals surface area contributed by atoms with E-state index in [1.807, 2.05) is 5.38 Å². The second-order valence-electron chi connectivity index (χ2n) is 9.30. The van der Waals surface area contributed by atoms with Crippen LogP contribution in [0.4, 0.5) is 4.39 Å². The molecule has 0 spiro atoms. The molecule has 0 atom stereocenters. The Morgan fingerprint density at radius 2 is 1.84 bits per heavy atom. The predicted octanol–water partition coefficient (Wildman–Crippen LogP) is 3.93. The van der Waals surface area contributed by atoms with Crippen molar-refractivity contribution in [2.24, 2.45) is 0 Å². The average Bonchev–Trinajstić information content (AvgIpc) is 3.32. The summed E-state index contributed by atoms with van der Waals surface area (Å²) in [6.07, 6.45) is 1.29. The van der Waals surface area contributed by atoms with Crippen molar-refractivity contribution in [3.8, 4) is 11.3 Å². The largest absolute Gasteiger partial charge is 0.337 e. The van der Waals surface area contributed by atoms with Crippen molar-refractivity contribution >= 4 is 43.0 Å². The number of rotatable bonds is 9. The second kappa shape index (κ2) is 12.1. The van der Waals surface area contributed by atoms with E-state index in [2.05, 4.69) is 37.8 Å². The van der Waals surface area contributed by atoms with Crippen molar-refractivity contribution in [3.05, 3.63) is 68.7 Å². The van der Waals surface area contributed by atoms with Gasteiger partial charge in [-0.1, -0.05) is 34.1 Å². The van der Waals surface area contributed by atoms with Crippen molar-refractivity contribution in [3.63, 3.8) is 0 Å². The van der Waals surface area contributed by atoms with Crippen LogP contribution in [0.2, 0.25) is 0 Å². The number of carbonyl (C=O) groups excluding carboxylic acids is 1. The number of piperazine rings is 1. The van der Waals surface area contributed by atoms with Crippen LogP contribution in [0.25, 0.3) is 11.3 Å². The minimum absolute atomic E-state index is 0.107. The highest BCUT2D eigenvalue weighted by Crippen LogP contribution is 2.24. The maximum atomic E-state index is 14.6. The molecule has 0 radical (unpaired) electrons. The van der Waals surface area contributed by atoms with Gasteiger partial charge in [-0.2, -0.15) is 0 Å². The highest BCUT2D eigenvalue weighted by atomic mass is 79.9. The maximum Gasteiger partial charge on any atom is 0.229 e. The van der Waals surface area contributed by atoms with Crippen LogP contribution < -0.4 is 0 Å². The van der Waals surface area contributed by atoms with E-state index in [0.717, 1.165) is 38.3 Å². The Morgan fingerprint density at radius 1 is 1.14 bits per heavy atom. The fourth-order valence-electron chi connectivity index (χ4n) is 4.12. The van der Waals surface area contributed by atoms with Gasteiger partial charge in [-0.3, -0.25) is 9.69 Å². The van der Waals surface area contributed by atoms with Crippen LogP contribution in [-0.2, 0) is 27.6 Å². The first-order valence-corrected chi connectivity index (χ1v) is 15.5. The smallest absolute Gasteiger partial charge is 0.229 e. The number of likely N-dealkylation sites (N-methyl/N-ethyl adjacent to an activating group) is 1. The molecule has 7 nitrogen and oxygen atoms in total. The summed E-state index contributed by atoms with van der Waals surface area (Å²) in [5, 5.41) is 2.52. The molecule has 2 heterocycles. The molecule has 1 aliphatic rings. The van der Waals surface area contributed by atoms with Crippen LogP contribution in [0, 0.1) is 5.82 Å². The fraction of sp³-hybridized carbons (Fsp3) is 0.385. The molecule has 0 bridgehead atoms. The summed E-state index contributed by atoms with van der Waals surface area (Å²) in [4.78, 5) is 24.6. The maximum absolute atomic E-state index is 14.6. The Bertz CT molecular complexity index is 1340. The number of benzene rings is 2.